The van der Waals surface area contributed by atoms with E-state index >= 15 is 0 Å². The van der Waals surface area contributed by atoms with Gasteiger partial charge in [0.25, 0.3) is 0 Å². The van der Waals surface area contributed by atoms with Gasteiger partial charge in [-0.3, -0.25) is 4.79 Å². The molecule has 0 aliphatic rings. The molecule has 0 fully saturated rings. The highest BCUT2D eigenvalue weighted by atomic mass is 32.2. The predicted octanol–water partition coefficient (Wildman–Crippen LogP) is 5.10. The minimum atomic E-state index is -0.0524. The van der Waals surface area contributed by atoms with Crippen LogP contribution >= 0.6 is 11.8 Å². The molecule has 0 aliphatic carbocycles. The van der Waals surface area contributed by atoms with E-state index in [0.717, 1.165) is 22.0 Å². The van der Waals surface area contributed by atoms with Gasteiger partial charge in [-0.05, 0) is 62.1 Å². The monoisotopic (exact) mass is 342 g/mol. The van der Waals surface area contributed by atoms with E-state index in [4.69, 9.17) is 9.47 Å². The van der Waals surface area contributed by atoms with E-state index in [1.807, 2.05) is 56.5 Å². The average molecular weight is 342 g/mol. The SMILES string of the molecule is COc1cc(C(=O)/C=C/c2ccc(OC(C)C)cc2)ccc1SC. The lowest BCUT2D eigenvalue weighted by Crippen LogP contribution is -2.05. The maximum atomic E-state index is 12.3. The van der Waals surface area contributed by atoms with E-state index in [2.05, 4.69) is 0 Å². The zero-order valence-electron chi connectivity index (χ0n) is 14.4. The van der Waals surface area contributed by atoms with Crippen LogP contribution in [0.5, 0.6) is 11.5 Å². The fourth-order valence-corrected chi connectivity index (χ4v) is 2.73. The lowest BCUT2D eigenvalue weighted by Gasteiger charge is -2.09. The molecule has 0 unspecified atom stereocenters. The van der Waals surface area contributed by atoms with Crippen molar-refractivity contribution < 1.29 is 14.3 Å². The van der Waals surface area contributed by atoms with Crippen LogP contribution in [-0.2, 0) is 0 Å². The molecular formula is C20H22O3S. The number of methoxy groups -OCH3 is 1. The molecule has 0 atom stereocenters. The zero-order chi connectivity index (χ0) is 17.5. The van der Waals surface area contributed by atoms with Crippen molar-refractivity contribution in [1.29, 1.82) is 0 Å². The van der Waals surface area contributed by atoms with Crippen LogP contribution in [0.2, 0.25) is 0 Å². The van der Waals surface area contributed by atoms with Crippen LogP contribution < -0.4 is 9.47 Å². The molecule has 0 saturated carbocycles. The van der Waals surface area contributed by atoms with Crippen LogP contribution in [0.25, 0.3) is 6.08 Å². The summed E-state index contributed by atoms with van der Waals surface area (Å²) in [7, 11) is 1.61. The van der Waals surface area contributed by atoms with Crippen molar-refractivity contribution in [2.75, 3.05) is 13.4 Å². The Morgan fingerprint density at radius 2 is 1.83 bits per heavy atom. The number of benzene rings is 2. The minimum absolute atomic E-state index is 0.0524. The van der Waals surface area contributed by atoms with Crippen LogP contribution in [0.1, 0.15) is 29.8 Å². The topological polar surface area (TPSA) is 35.5 Å². The highest BCUT2D eigenvalue weighted by Gasteiger charge is 2.07. The Balaban J connectivity index is 2.10. The highest BCUT2D eigenvalue weighted by molar-refractivity contribution is 7.98. The molecule has 3 nitrogen and oxygen atoms in total. The maximum absolute atomic E-state index is 12.3. The number of carbonyl (C=O) groups is 1. The maximum Gasteiger partial charge on any atom is 0.185 e. The van der Waals surface area contributed by atoms with Gasteiger partial charge in [-0.15, -0.1) is 11.8 Å². The Bertz CT molecular complexity index is 718. The molecule has 0 aromatic heterocycles. The van der Waals surface area contributed by atoms with Crippen molar-refractivity contribution in [3.8, 4) is 11.5 Å². The van der Waals surface area contributed by atoms with E-state index in [-0.39, 0.29) is 11.9 Å². The first kappa shape index (κ1) is 18.1. The molecule has 4 heteroatoms. The highest BCUT2D eigenvalue weighted by Crippen LogP contribution is 2.28. The van der Waals surface area contributed by atoms with E-state index in [9.17, 15) is 4.79 Å². The summed E-state index contributed by atoms with van der Waals surface area (Å²) >= 11 is 1.59. The van der Waals surface area contributed by atoms with E-state index in [0.29, 0.717) is 5.56 Å². The van der Waals surface area contributed by atoms with Gasteiger partial charge in [-0.2, -0.15) is 0 Å². The normalized spacial score (nSPS) is 11.0. The number of ether oxygens (including phenoxy) is 2. The molecule has 2 rings (SSSR count). The Kier molecular flexibility index (Phi) is 6.50. The van der Waals surface area contributed by atoms with Crippen molar-refractivity contribution >= 4 is 23.6 Å². The van der Waals surface area contributed by atoms with Crippen LogP contribution in [0.15, 0.2) is 53.4 Å². The van der Waals surface area contributed by atoms with E-state index < -0.39 is 0 Å². The molecule has 0 bridgehead atoms. The van der Waals surface area contributed by atoms with Crippen molar-refractivity contribution in [1.82, 2.24) is 0 Å². The van der Waals surface area contributed by atoms with Crippen molar-refractivity contribution in [3.05, 3.63) is 59.7 Å². The smallest absolute Gasteiger partial charge is 0.185 e. The fraction of sp³-hybridized carbons (Fsp3) is 0.250. The number of carbonyl (C=O) groups excluding carboxylic acids is 1. The lowest BCUT2D eigenvalue weighted by molar-refractivity contribution is 0.104. The van der Waals surface area contributed by atoms with E-state index in [1.54, 1.807) is 37.1 Å². The molecule has 2 aromatic rings. The summed E-state index contributed by atoms with van der Waals surface area (Å²) < 4.78 is 10.9. The van der Waals surface area contributed by atoms with Gasteiger partial charge in [0.05, 0.1) is 13.2 Å². The number of ketones is 1. The van der Waals surface area contributed by atoms with Crippen molar-refractivity contribution in [2.45, 2.75) is 24.8 Å². The van der Waals surface area contributed by atoms with Crippen LogP contribution in [-0.4, -0.2) is 25.3 Å². The number of hydrogen-bond acceptors (Lipinski definition) is 4. The molecular weight excluding hydrogens is 320 g/mol. The third-order valence-corrected chi connectivity index (χ3v) is 4.12. The fourth-order valence-electron chi connectivity index (χ4n) is 2.19. The summed E-state index contributed by atoms with van der Waals surface area (Å²) in [6.45, 7) is 3.98. The van der Waals surface area contributed by atoms with Gasteiger partial charge in [0, 0.05) is 10.5 Å². The third-order valence-electron chi connectivity index (χ3n) is 3.35. The predicted molar refractivity (Wildman–Crippen MR) is 100 cm³/mol. The van der Waals surface area contributed by atoms with E-state index in [1.165, 1.54) is 0 Å². The molecule has 0 radical (unpaired) electrons. The number of thioether (sulfide) groups is 1. The zero-order valence-corrected chi connectivity index (χ0v) is 15.2. The molecule has 24 heavy (non-hydrogen) atoms. The lowest BCUT2D eigenvalue weighted by atomic mass is 10.1. The summed E-state index contributed by atoms with van der Waals surface area (Å²) in [4.78, 5) is 13.3. The third kappa shape index (κ3) is 4.90. The number of hydrogen-bond donors (Lipinski definition) is 0. The molecule has 0 spiro atoms. The Labute approximate surface area is 147 Å². The second kappa shape index (κ2) is 8.60. The summed E-state index contributed by atoms with van der Waals surface area (Å²) in [6, 6.07) is 13.2. The standard InChI is InChI=1S/C20H22O3S/c1-14(2)23-17-9-5-15(6-10-17)7-11-18(21)16-8-12-20(24-4)19(13-16)22-3/h5-14H,1-4H3/b11-7+. The first-order valence-electron chi connectivity index (χ1n) is 7.74. The van der Waals surface area contributed by atoms with Crippen LogP contribution in [0.3, 0.4) is 0 Å². The summed E-state index contributed by atoms with van der Waals surface area (Å²) in [5.74, 6) is 1.49. The van der Waals surface area contributed by atoms with Crippen LogP contribution in [0.4, 0.5) is 0 Å². The molecule has 0 heterocycles. The second-order valence-corrected chi connectivity index (χ2v) is 6.35. The summed E-state index contributed by atoms with van der Waals surface area (Å²) in [5, 5.41) is 0. The van der Waals surface area contributed by atoms with Gasteiger partial charge >= 0.3 is 0 Å². The second-order valence-electron chi connectivity index (χ2n) is 5.50. The van der Waals surface area contributed by atoms with Gasteiger partial charge in [0.2, 0.25) is 0 Å². The first-order valence-corrected chi connectivity index (χ1v) is 8.97. The quantitative estimate of drug-likeness (QED) is 0.398. The van der Waals surface area contributed by atoms with Gasteiger partial charge < -0.3 is 9.47 Å². The Morgan fingerprint density at radius 1 is 1.12 bits per heavy atom. The molecule has 0 N–H and O–H groups in total. The van der Waals surface area contributed by atoms with Crippen molar-refractivity contribution in [2.24, 2.45) is 0 Å². The Morgan fingerprint density at radius 3 is 2.42 bits per heavy atom. The summed E-state index contributed by atoms with van der Waals surface area (Å²) in [6.07, 6.45) is 5.50. The van der Waals surface area contributed by atoms with Crippen LogP contribution in [0, 0.1) is 0 Å². The molecule has 2 aromatic carbocycles. The average Bonchev–Trinajstić information content (AvgIpc) is 2.59. The van der Waals surface area contributed by atoms with Crippen molar-refractivity contribution in [3.63, 3.8) is 0 Å². The number of rotatable bonds is 7. The van der Waals surface area contributed by atoms with Gasteiger partial charge in [0.15, 0.2) is 5.78 Å². The largest absolute Gasteiger partial charge is 0.496 e. The molecule has 0 aliphatic heterocycles. The Hall–Kier alpha value is -2.20. The summed E-state index contributed by atoms with van der Waals surface area (Å²) in [5.41, 5.74) is 1.56. The first-order chi connectivity index (χ1) is 11.5. The molecule has 0 amide bonds. The number of allylic oxidation sites excluding steroid dienone is 1. The van der Waals surface area contributed by atoms with Gasteiger partial charge in [-0.25, -0.2) is 0 Å². The molecule has 0 saturated heterocycles. The van der Waals surface area contributed by atoms with Gasteiger partial charge in [0.1, 0.15) is 11.5 Å². The molecule has 126 valence electrons. The van der Waals surface area contributed by atoms with Gasteiger partial charge in [-0.1, -0.05) is 18.2 Å². The minimum Gasteiger partial charge on any atom is -0.496 e.